The van der Waals surface area contributed by atoms with E-state index in [-0.39, 0.29) is 0 Å². The van der Waals surface area contributed by atoms with Crippen LogP contribution in [0.25, 0.3) is 0 Å². The molecular weight excluding hydrogens is 206 g/mol. The summed E-state index contributed by atoms with van der Waals surface area (Å²) in [4.78, 5) is 0. The Morgan fingerprint density at radius 1 is 1.40 bits per heavy atom. The maximum atomic E-state index is 9.00. The van der Waals surface area contributed by atoms with Crippen LogP contribution in [0.2, 0.25) is 0 Å². The molecule has 0 radical (unpaired) electrons. The minimum atomic E-state index is 0.300. The largest absolute Gasteiger partial charge is 0.395 e. The summed E-state index contributed by atoms with van der Waals surface area (Å²) < 4.78 is 0. The molecule has 15 heavy (non-hydrogen) atoms. The van der Waals surface area contributed by atoms with E-state index in [1.807, 2.05) is 11.8 Å². The molecule has 1 aliphatic rings. The van der Waals surface area contributed by atoms with Crippen LogP contribution in [0.3, 0.4) is 0 Å². The van der Waals surface area contributed by atoms with Crippen LogP contribution in [0.15, 0.2) is 0 Å². The van der Waals surface area contributed by atoms with Crippen molar-refractivity contribution < 1.29 is 5.11 Å². The minimum Gasteiger partial charge on any atom is -0.395 e. The third-order valence-corrected chi connectivity index (χ3v) is 4.52. The van der Waals surface area contributed by atoms with Gasteiger partial charge in [-0.2, -0.15) is 11.8 Å². The Kier molecular flexibility index (Phi) is 6.69. The van der Waals surface area contributed by atoms with Gasteiger partial charge in [0.25, 0.3) is 0 Å². The molecule has 3 heteroatoms. The second-order valence-corrected chi connectivity index (χ2v) is 6.01. The average molecular weight is 231 g/mol. The van der Waals surface area contributed by atoms with Crippen molar-refractivity contribution in [2.75, 3.05) is 18.9 Å². The standard InChI is InChI=1S/C12H25NOS/c1-3-13-12(9-15-10(2)8-14)11-6-4-5-7-11/h10-14H,3-9H2,1-2H3. The first-order valence-corrected chi connectivity index (χ1v) is 7.28. The molecule has 90 valence electrons. The lowest BCUT2D eigenvalue weighted by molar-refractivity contribution is 0.299. The smallest absolute Gasteiger partial charge is 0.0547 e. The van der Waals surface area contributed by atoms with Crippen LogP contribution in [-0.4, -0.2) is 35.3 Å². The van der Waals surface area contributed by atoms with Crippen molar-refractivity contribution in [3.05, 3.63) is 0 Å². The highest BCUT2D eigenvalue weighted by Gasteiger charge is 2.24. The molecule has 1 fully saturated rings. The summed E-state index contributed by atoms with van der Waals surface area (Å²) in [6, 6.07) is 0.663. The average Bonchev–Trinajstić information content (AvgIpc) is 2.76. The van der Waals surface area contributed by atoms with E-state index in [4.69, 9.17) is 5.11 Å². The zero-order valence-electron chi connectivity index (χ0n) is 10.0. The quantitative estimate of drug-likeness (QED) is 0.705. The Hall–Kier alpha value is 0.270. The van der Waals surface area contributed by atoms with Gasteiger partial charge >= 0.3 is 0 Å². The molecule has 0 aromatic heterocycles. The van der Waals surface area contributed by atoms with Gasteiger partial charge in [0.05, 0.1) is 6.61 Å². The van der Waals surface area contributed by atoms with E-state index in [0.717, 1.165) is 18.2 Å². The highest BCUT2D eigenvalue weighted by molar-refractivity contribution is 7.99. The fraction of sp³-hybridized carbons (Fsp3) is 1.00. The van der Waals surface area contributed by atoms with Crippen LogP contribution in [0.5, 0.6) is 0 Å². The number of thioether (sulfide) groups is 1. The van der Waals surface area contributed by atoms with Gasteiger partial charge in [-0.3, -0.25) is 0 Å². The summed E-state index contributed by atoms with van der Waals surface area (Å²) in [5, 5.41) is 13.0. The van der Waals surface area contributed by atoms with Gasteiger partial charge in [-0.05, 0) is 25.3 Å². The van der Waals surface area contributed by atoms with E-state index >= 15 is 0 Å². The van der Waals surface area contributed by atoms with Crippen molar-refractivity contribution in [3.8, 4) is 0 Å². The molecule has 0 amide bonds. The molecule has 0 spiro atoms. The molecule has 1 aliphatic carbocycles. The van der Waals surface area contributed by atoms with Crippen LogP contribution in [0, 0.1) is 5.92 Å². The molecule has 2 unspecified atom stereocenters. The first-order valence-electron chi connectivity index (χ1n) is 6.23. The van der Waals surface area contributed by atoms with Crippen molar-refractivity contribution in [1.82, 2.24) is 5.32 Å². The molecule has 0 aromatic carbocycles. The summed E-state index contributed by atoms with van der Waals surface area (Å²) >= 11 is 1.90. The lowest BCUT2D eigenvalue weighted by Crippen LogP contribution is -2.37. The highest BCUT2D eigenvalue weighted by atomic mass is 32.2. The second-order valence-electron chi connectivity index (χ2n) is 4.54. The predicted molar refractivity (Wildman–Crippen MR) is 68.4 cm³/mol. The van der Waals surface area contributed by atoms with Crippen LogP contribution < -0.4 is 5.32 Å². The summed E-state index contributed by atoms with van der Waals surface area (Å²) in [6.45, 7) is 5.65. The van der Waals surface area contributed by atoms with Crippen molar-refractivity contribution in [2.24, 2.45) is 5.92 Å². The summed E-state index contributed by atoms with van der Waals surface area (Å²) in [5.74, 6) is 2.03. The van der Waals surface area contributed by atoms with Crippen molar-refractivity contribution >= 4 is 11.8 Å². The molecule has 0 bridgehead atoms. The predicted octanol–water partition coefficient (Wildman–Crippen LogP) is 2.27. The third kappa shape index (κ3) is 4.75. The molecule has 1 rings (SSSR count). The second kappa shape index (κ2) is 7.53. The molecule has 2 atom stereocenters. The SMILES string of the molecule is CCNC(CSC(C)CO)C1CCCC1. The van der Waals surface area contributed by atoms with E-state index < -0.39 is 0 Å². The van der Waals surface area contributed by atoms with Gasteiger partial charge in [0.15, 0.2) is 0 Å². The van der Waals surface area contributed by atoms with Crippen LogP contribution in [0.1, 0.15) is 39.5 Å². The van der Waals surface area contributed by atoms with E-state index in [9.17, 15) is 0 Å². The molecule has 0 aromatic rings. The van der Waals surface area contributed by atoms with Gasteiger partial charge < -0.3 is 10.4 Å². The molecular formula is C12H25NOS. The summed E-state index contributed by atoms with van der Waals surface area (Å²) in [5.41, 5.74) is 0. The first kappa shape index (κ1) is 13.3. The lowest BCUT2D eigenvalue weighted by Gasteiger charge is -2.25. The maximum Gasteiger partial charge on any atom is 0.0547 e. The number of hydrogen-bond acceptors (Lipinski definition) is 3. The number of aliphatic hydroxyl groups is 1. The van der Waals surface area contributed by atoms with Gasteiger partial charge in [0.2, 0.25) is 0 Å². The number of aliphatic hydroxyl groups excluding tert-OH is 1. The molecule has 0 saturated heterocycles. The van der Waals surface area contributed by atoms with E-state index in [2.05, 4.69) is 19.2 Å². The van der Waals surface area contributed by atoms with Crippen molar-refractivity contribution in [3.63, 3.8) is 0 Å². The number of rotatable bonds is 7. The minimum absolute atomic E-state index is 0.300. The Labute approximate surface area is 98.2 Å². The zero-order valence-corrected chi connectivity index (χ0v) is 10.9. The van der Waals surface area contributed by atoms with Gasteiger partial charge in [-0.1, -0.05) is 26.7 Å². The Bertz CT molecular complexity index is 160. The summed E-state index contributed by atoms with van der Waals surface area (Å²) in [6.07, 6.45) is 5.61. The van der Waals surface area contributed by atoms with E-state index in [0.29, 0.717) is 17.9 Å². The summed E-state index contributed by atoms with van der Waals surface area (Å²) in [7, 11) is 0. The molecule has 2 nitrogen and oxygen atoms in total. The highest BCUT2D eigenvalue weighted by Crippen LogP contribution is 2.29. The first-order chi connectivity index (χ1) is 7.27. The Morgan fingerprint density at radius 2 is 2.07 bits per heavy atom. The van der Waals surface area contributed by atoms with Crippen molar-refractivity contribution in [2.45, 2.75) is 50.8 Å². The molecule has 2 N–H and O–H groups in total. The van der Waals surface area contributed by atoms with Gasteiger partial charge in [0, 0.05) is 17.0 Å². The van der Waals surface area contributed by atoms with Crippen LogP contribution in [0.4, 0.5) is 0 Å². The fourth-order valence-electron chi connectivity index (χ4n) is 2.30. The van der Waals surface area contributed by atoms with Crippen molar-refractivity contribution in [1.29, 1.82) is 0 Å². The fourth-order valence-corrected chi connectivity index (χ4v) is 3.34. The maximum absolute atomic E-state index is 9.00. The number of nitrogens with one attached hydrogen (secondary N) is 1. The van der Waals surface area contributed by atoms with Gasteiger partial charge in [-0.15, -0.1) is 0 Å². The van der Waals surface area contributed by atoms with Gasteiger partial charge in [0.1, 0.15) is 0 Å². The Morgan fingerprint density at radius 3 is 2.60 bits per heavy atom. The number of hydrogen-bond donors (Lipinski definition) is 2. The van der Waals surface area contributed by atoms with E-state index in [1.54, 1.807) is 0 Å². The molecule has 0 heterocycles. The molecule has 1 saturated carbocycles. The van der Waals surface area contributed by atoms with Crippen LogP contribution >= 0.6 is 11.8 Å². The monoisotopic (exact) mass is 231 g/mol. The topological polar surface area (TPSA) is 32.3 Å². The lowest BCUT2D eigenvalue weighted by atomic mass is 10.00. The van der Waals surface area contributed by atoms with E-state index in [1.165, 1.54) is 25.7 Å². The third-order valence-electron chi connectivity index (χ3n) is 3.25. The van der Waals surface area contributed by atoms with Gasteiger partial charge in [-0.25, -0.2) is 0 Å². The zero-order chi connectivity index (χ0) is 11.1. The normalized spacial score (nSPS) is 21.8. The molecule has 0 aliphatic heterocycles. The van der Waals surface area contributed by atoms with Crippen LogP contribution in [-0.2, 0) is 0 Å². The Balaban J connectivity index is 2.29.